The summed E-state index contributed by atoms with van der Waals surface area (Å²) < 4.78 is 35.3. The number of hydrogen-bond donors (Lipinski definition) is 0. The molecule has 0 spiro atoms. The van der Waals surface area contributed by atoms with Crippen molar-refractivity contribution >= 4 is 0 Å². The van der Waals surface area contributed by atoms with Crippen molar-refractivity contribution in [1.29, 1.82) is 0 Å². The molecule has 0 aliphatic carbocycles. The molecule has 1 aromatic heterocycles. The monoisotopic (exact) mass is 169 g/mol. The van der Waals surface area contributed by atoms with Crippen LogP contribution in [0, 0.1) is 0 Å². The number of alkyl halides is 3. The van der Waals surface area contributed by atoms with Crippen molar-refractivity contribution < 1.29 is 37.1 Å². The van der Waals surface area contributed by atoms with Crippen LogP contribution < -0.4 is 24.0 Å². The smallest absolute Gasteiger partial charge is 0.859 e. The number of nitrogens with zero attached hydrogens (tertiary/aromatic N) is 1. The van der Waals surface area contributed by atoms with E-state index in [0.29, 0.717) is 12.3 Å². The minimum Gasteiger partial charge on any atom is -0.859 e. The summed E-state index contributed by atoms with van der Waals surface area (Å²) in [4.78, 5) is 2.97. The number of rotatable bonds is 0. The Morgan fingerprint density at radius 2 is 1.83 bits per heavy atom. The number of aromatic nitrogens is 1. The second kappa shape index (κ2) is 3.83. The van der Waals surface area contributed by atoms with E-state index in [-0.39, 0.29) is 18.9 Å². The van der Waals surface area contributed by atoms with Gasteiger partial charge in [0, 0.05) is 6.20 Å². The molecule has 0 N–H and O–H groups in total. The molecule has 1 heterocycles. The van der Waals surface area contributed by atoms with Crippen LogP contribution >= 0.6 is 0 Å². The van der Waals surface area contributed by atoms with Gasteiger partial charge in [0.2, 0.25) is 0 Å². The van der Waals surface area contributed by atoms with Gasteiger partial charge in [-0.3, -0.25) is 4.98 Å². The van der Waals surface area contributed by atoms with Gasteiger partial charge in [-0.25, -0.2) is 0 Å². The van der Waals surface area contributed by atoms with Gasteiger partial charge in [-0.15, -0.1) is 0 Å². The van der Waals surface area contributed by atoms with Crippen LogP contribution in [0.5, 0.6) is 5.88 Å². The van der Waals surface area contributed by atoms with Crippen LogP contribution in [0.25, 0.3) is 0 Å². The molecule has 1 rings (SSSR count). The van der Waals surface area contributed by atoms with Gasteiger partial charge in [-0.2, -0.15) is 13.2 Å². The molecule has 60 valence electrons. The summed E-state index contributed by atoms with van der Waals surface area (Å²) in [5, 5.41) is 10.3. The fraction of sp³-hybridized carbons (Fsp3) is 0.167. The van der Waals surface area contributed by atoms with Crippen LogP contribution in [0.3, 0.4) is 0 Å². The first-order valence-electron chi connectivity index (χ1n) is 2.70. The molecule has 0 atom stereocenters. The quantitative estimate of drug-likeness (QED) is 0.428. The van der Waals surface area contributed by atoms with Crippen LogP contribution in [-0.4, -0.2) is 4.98 Å². The second-order valence-electron chi connectivity index (χ2n) is 1.88. The third-order valence-corrected chi connectivity index (χ3v) is 1.06. The predicted molar refractivity (Wildman–Crippen MR) is 28.7 cm³/mol. The van der Waals surface area contributed by atoms with Gasteiger partial charge in [0.1, 0.15) is 0 Å². The molecule has 1 aromatic rings. The fourth-order valence-corrected chi connectivity index (χ4v) is 0.548. The summed E-state index contributed by atoms with van der Waals surface area (Å²) in [5.41, 5.74) is -0.905. The predicted octanol–water partition coefficient (Wildman–Crippen LogP) is -1.82. The van der Waals surface area contributed by atoms with E-state index in [1.165, 1.54) is 0 Å². The zero-order chi connectivity index (χ0) is 8.48. The van der Waals surface area contributed by atoms with E-state index in [9.17, 15) is 18.3 Å². The van der Waals surface area contributed by atoms with Gasteiger partial charge in [0.05, 0.1) is 5.56 Å². The molecule has 0 unspecified atom stereocenters. The van der Waals surface area contributed by atoms with Crippen molar-refractivity contribution in [3.8, 4) is 5.88 Å². The van der Waals surface area contributed by atoms with Crippen molar-refractivity contribution in [2.45, 2.75) is 6.18 Å². The average Bonchev–Trinajstić information content (AvgIpc) is 1.86. The van der Waals surface area contributed by atoms with E-state index >= 15 is 0 Å². The van der Waals surface area contributed by atoms with Gasteiger partial charge in [0.25, 0.3) is 0 Å². The maximum absolute atomic E-state index is 11.8. The van der Waals surface area contributed by atoms with Crippen LogP contribution in [0.1, 0.15) is 5.56 Å². The van der Waals surface area contributed by atoms with Crippen LogP contribution in [0.15, 0.2) is 18.3 Å². The Labute approximate surface area is 78.6 Å². The van der Waals surface area contributed by atoms with E-state index in [1.807, 2.05) is 0 Å². The van der Waals surface area contributed by atoms with E-state index < -0.39 is 17.6 Å². The molecule has 12 heavy (non-hydrogen) atoms. The van der Waals surface area contributed by atoms with Gasteiger partial charge in [-0.05, 0) is 11.9 Å². The van der Waals surface area contributed by atoms with Crippen molar-refractivity contribution in [3.05, 3.63) is 23.9 Å². The summed E-state index contributed by atoms with van der Waals surface area (Å²) in [6.45, 7) is 0. The Bertz CT molecular complexity index is 246. The minimum atomic E-state index is -4.42. The number of halogens is 3. The van der Waals surface area contributed by atoms with Crippen molar-refractivity contribution in [2.24, 2.45) is 0 Å². The summed E-state index contributed by atoms with van der Waals surface area (Å²) in [6.07, 6.45) is -3.90. The number of hydrogen-bond acceptors (Lipinski definition) is 2. The normalized spacial score (nSPS) is 10.6. The molecule has 0 radical (unpaired) electrons. The number of pyridine rings is 1. The second-order valence-corrected chi connectivity index (χ2v) is 1.88. The summed E-state index contributed by atoms with van der Waals surface area (Å²) in [5.74, 6) is -0.669. The Morgan fingerprint density at radius 1 is 1.25 bits per heavy atom. The average molecular weight is 169 g/mol. The van der Waals surface area contributed by atoms with Gasteiger partial charge in [0.15, 0.2) is 0 Å². The van der Waals surface area contributed by atoms with E-state index in [0.717, 1.165) is 6.07 Å². The van der Waals surface area contributed by atoms with Crippen molar-refractivity contribution in [2.75, 3.05) is 0 Å². The van der Waals surface area contributed by atoms with Crippen molar-refractivity contribution in [1.82, 2.24) is 4.98 Å². The van der Waals surface area contributed by atoms with Crippen LogP contribution in [0.4, 0.5) is 13.2 Å². The van der Waals surface area contributed by atoms with E-state index in [1.54, 1.807) is 0 Å². The molecular weight excluding hydrogens is 166 g/mol. The Morgan fingerprint density at radius 3 is 2.17 bits per heavy atom. The zero-order valence-corrected chi connectivity index (χ0v) is 6.22. The van der Waals surface area contributed by atoms with Crippen LogP contribution in [0.2, 0.25) is 0 Å². The van der Waals surface area contributed by atoms with Gasteiger partial charge in [-0.1, -0.05) is 6.07 Å². The Balaban J connectivity index is 0.00000121. The molecule has 0 aliphatic heterocycles. The molecule has 6 heteroatoms. The first kappa shape index (κ1) is 11.3. The maximum atomic E-state index is 11.8. The molecule has 0 aliphatic rings. The minimum absolute atomic E-state index is 0. The van der Waals surface area contributed by atoms with Gasteiger partial charge < -0.3 is 5.11 Å². The summed E-state index contributed by atoms with van der Waals surface area (Å²) in [7, 11) is 0. The zero-order valence-electron chi connectivity index (χ0n) is 6.22. The Hall–Kier alpha value is -0.663. The molecule has 0 fully saturated rings. The van der Waals surface area contributed by atoms with E-state index in [2.05, 4.69) is 4.98 Å². The summed E-state index contributed by atoms with van der Waals surface area (Å²) >= 11 is 0. The Kier molecular flexibility index (Phi) is 3.62. The molecule has 0 amide bonds. The van der Waals surface area contributed by atoms with Crippen molar-refractivity contribution in [3.63, 3.8) is 0 Å². The summed E-state index contributed by atoms with van der Waals surface area (Å²) in [6, 6.07) is 1.48. The van der Waals surface area contributed by atoms with Crippen LogP contribution in [-0.2, 0) is 6.18 Å². The third-order valence-electron chi connectivity index (χ3n) is 1.06. The first-order chi connectivity index (χ1) is 5.00. The standard InChI is InChI=1S/C6H4F3NO.Li/c7-6(8,9)4-1-2-5(11)10-3-4;/h1-3H,(H,10,11);/q;+1/p-1. The molecule has 2 nitrogen and oxygen atoms in total. The molecule has 0 bridgehead atoms. The SMILES string of the molecule is [Li+].[O-]c1ccc(C(F)(F)F)cn1. The largest absolute Gasteiger partial charge is 1.00 e. The molecule has 0 aromatic carbocycles. The first-order valence-corrected chi connectivity index (χ1v) is 2.70. The molecule has 0 saturated carbocycles. The topological polar surface area (TPSA) is 36.0 Å². The molecular formula is C6H3F3LiNO. The fourth-order valence-electron chi connectivity index (χ4n) is 0.548. The maximum Gasteiger partial charge on any atom is 1.00 e. The third kappa shape index (κ3) is 2.76. The molecule has 0 saturated heterocycles. The van der Waals surface area contributed by atoms with E-state index in [4.69, 9.17) is 0 Å². The van der Waals surface area contributed by atoms with Gasteiger partial charge >= 0.3 is 25.0 Å².